The van der Waals surface area contributed by atoms with Crippen LogP contribution in [-0.4, -0.2) is 23.2 Å². The van der Waals surface area contributed by atoms with Gasteiger partial charge < -0.3 is 4.57 Å². The van der Waals surface area contributed by atoms with Gasteiger partial charge >= 0.3 is 0 Å². The van der Waals surface area contributed by atoms with Crippen LogP contribution >= 0.6 is 0 Å². The Hall–Kier alpha value is -0.950. The Morgan fingerprint density at radius 3 is 2.37 bits per heavy atom. The molecule has 0 radical (unpaired) electrons. The lowest BCUT2D eigenvalue weighted by Crippen LogP contribution is -2.20. The predicted octanol–water partition coefficient (Wildman–Crippen LogP) is 1.77. The molecule has 1 fully saturated rings. The highest BCUT2D eigenvalue weighted by molar-refractivity contribution is 7.89. The maximum atomic E-state index is 11.5. The largest absolute Gasteiger partial charge is 0.301 e. The zero-order chi connectivity index (χ0) is 13.9. The lowest BCUT2D eigenvalue weighted by atomic mass is 9.99. The van der Waals surface area contributed by atoms with E-state index in [-0.39, 0.29) is 5.16 Å². The molecule has 1 saturated carbocycles. The molecule has 7 heteroatoms. The van der Waals surface area contributed by atoms with Crippen molar-refractivity contribution in [3.63, 3.8) is 0 Å². The normalized spacial score (nSPS) is 18.4. The van der Waals surface area contributed by atoms with Crippen molar-refractivity contribution < 1.29 is 8.42 Å². The first-order valence-electron chi connectivity index (χ1n) is 7.00. The first-order valence-corrected chi connectivity index (χ1v) is 8.54. The van der Waals surface area contributed by atoms with Crippen LogP contribution in [0.4, 0.5) is 0 Å². The molecule has 108 valence electrons. The molecular formula is C12H22N4O2S. The lowest BCUT2D eigenvalue weighted by molar-refractivity contribution is 0.494. The summed E-state index contributed by atoms with van der Waals surface area (Å²) in [5.41, 5.74) is 0. The van der Waals surface area contributed by atoms with E-state index in [0.29, 0.717) is 12.5 Å². The fourth-order valence-electron chi connectivity index (χ4n) is 2.78. The van der Waals surface area contributed by atoms with Crippen molar-refractivity contribution in [3.05, 3.63) is 5.82 Å². The molecule has 0 aliphatic heterocycles. The average molecular weight is 286 g/mol. The summed E-state index contributed by atoms with van der Waals surface area (Å²) in [6.07, 6.45) is 7.81. The molecule has 1 heterocycles. The summed E-state index contributed by atoms with van der Waals surface area (Å²) in [5.74, 6) is 1.12. The van der Waals surface area contributed by atoms with Crippen LogP contribution in [0.2, 0.25) is 0 Å². The van der Waals surface area contributed by atoms with E-state index in [9.17, 15) is 8.42 Å². The Morgan fingerprint density at radius 2 is 1.84 bits per heavy atom. The molecule has 2 N–H and O–H groups in total. The van der Waals surface area contributed by atoms with Crippen LogP contribution in [0.15, 0.2) is 5.16 Å². The highest BCUT2D eigenvalue weighted by atomic mass is 32.2. The van der Waals surface area contributed by atoms with Crippen LogP contribution in [0.25, 0.3) is 0 Å². The molecular weight excluding hydrogens is 264 g/mol. The average Bonchev–Trinajstić information content (AvgIpc) is 2.59. The van der Waals surface area contributed by atoms with Gasteiger partial charge in [-0.1, -0.05) is 32.6 Å². The lowest BCUT2D eigenvalue weighted by Gasteiger charge is -2.15. The predicted molar refractivity (Wildman–Crippen MR) is 72.1 cm³/mol. The van der Waals surface area contributed by atoms with E-state index in [4.69, 9.17) is 5.14 Å². The quantitative estimate of drug-likeness (QED) is 0.854. The number of aromatic nitrogens is 3. The standard InChI is InChI=1S/C12H22N4O2S/c1-2-9-16-11(10-7-5-3-4-6-8-10)14-15-12(16)19(13,17)18/h10H,2-9H2,1H3,(H2,13,17,18). The number of primary sulfonamides is 1. The van der Waals surface area contributed by atoms with Crippen molar-refractivity contribution >= 4 is 10.0 Å². The Labute approximate surface area is 114 Å². The number of sulfonamides is 1. The smallest absolute Gasteiger partial charge is 0.273 e. The van der Waals surface area contributed by atoms with Gasteiger partial charge in [0, 0.05) is 12.5 Å². The van der Waals surface area contributed by atoms with Gasteiger partial charge in [0.25, 0.3) is 15.2 Å². The van der Waals surface area contributed by atoms with E-state index < -0.39 is 10.0 Å². The second-order valence-corrected chi connectivity index (χ2v) is 6.68. The van der Waals surface area contributed by atoms with Crippen LogP contribution in [0, 0.1) is 0 Å². The molecule has 1 aliphatic carbocycles. The van der Waals surface area contributed by atoms with Gasteiger partial charge in [0.05, 0.1) is 0 Å². The number of hydrogen-bond donors (Lipinski definition) is 1. The third-order valence-electron chi connectivity index (χ3n) is 3.67. The van der Waals surface area contributed by atoms with Gasteiger partial charge in [-0.05, 0) is 19.3 Å². The maximum absolute atomic E-state index is 11.5. The maximum Gasteiger partial charge on any atom is 0.273 e. The van der Waals surface area contributed by atoms with Gasteiger partial charge in [-0.25, -0.2) is 13.6 Å². The monoisotopic (exact) mass is 286 g/mol. The highest BCUT2D eigenvalue weighted by Gasteiger charge is 2.26. The van der Waals surface area contributed by atoms with E-state index in [1.54, 1.807) is 4.57 Å². The molecule has 0 unspecified atom stereocenters. The second kappa shape index (κ2) is 6.00. The molecule has 0 bridgehead atoms. The fraction of sp³-hybridized carbons (Fsp3) is 0.833. The molecule has 19 heavy (non-hydrogen) atoms. The first kappa shape index (κ1) is 14.5. The van der Waals surface area contributed by atoms with E-state index >= 15 is 0 Å². The topological polar surface area (TPSA) is 90.9 Å². The second-order valence-electron chi connectivity index (χ2n) is 5.23. The molecule has 1 aromatic rings. The first-order chi connectivity index (χ1) is 9.04. The Balaban J connectivity index is 2.36. The van der Waals surface area contributed by atoms with Gasteiger partial charge in [-0.3, -0.25) is 0 Å². The van der Waals surface area contributed by atoms with Gasteiger partial charge in [0.2, 0.25) is 0 Å². The van der Waals surface area contributed by atoms with Crippen molar-refractivity contribution in [1.82, 2.24) is 14.8 Å². The minimum Gasteiger partial charge on any atom is -0.301 e. The Kier molecular flexibility index (Phi) is 4.57. The Morgan fingerprint density at radius 1 is 1.21 bits per heavy atom. The molecule has 0 spiro atoms. The molecule has 1 aromatic heterocycles. The minimum absolute atomic E-state index is 0.0893. The van der Waals surface area contributed by atoms with E-state index in [1.807, 2.05) is 6.92 Å². The number of rotatable bonds is 4. The fourth-order valence-corrected chi connectivity index (χ4v) is 3.43. The summed E-state index contributed by atoms with van der Waals surface area (Å²) in [5, 5.41) is 13.1. The van der Waals surface area contributed by atoms with Crippen LogP contribution in [0.3, 0.4) is 0 Å². The van der Waals surface area contributed by atoms with Crippen molar-refractivity contribution in [1.29, 1.82) is 0 Å². The molecule has 0 amide bonds. The van der Waals surface area contributed by atoms with Gasteiger partial charge in [0.1, 0.15) is 5.82 Å². The SMILES string of the molecule is CCCn1c(C2CCCCCC2)nnc1S(N)(=O)=O. The van der Waals surface area contributed by atoms with Crippen LogP contribution < -0.4 is 5.14 Å². The van der Waals surface area contributed by atoms with Crippen molar-refractivity contribution in [2.75, 3.05) is 0 Å². The molecule has 0 atom stereocenters. The number of nitrogens with two attached hydrogens (primary N) is 1. The molecule has 6 nitrogen and oxygen atoms in total. The van der Waals surface area contributed by atoms with Crippen LogP contribution in [-0.2, 0) is 16.6 Å². The molecule has 0 aromatic carbocycles. The highest BCUT2D eigenvalue weighted by Crippen LogP contribution is 2.31. The van der Waals surface area contributed by atoms with E-state index in [0.717, 1.165) is 25.1 Å². The molecule has 0 saturated heterocycles. The number of hydrogen-bond acceptors (Lipinski definition) is 4. The van der Waals surface area contributed by atoms with Gasteiger partial charge in [-0.15, -0.1) is 10.2 Å². The zero-order valence-corrected chi connectivity index (χ0v) is 12.2. The molecule has 2 rings (SSSR count). The van der Waals surface area contributed by atoms with Crippen LogP contribution in [0.1, 0.15) is 63.6 Å². The summed E-state index contributed by atoms with van der Waals surface area (Å²) in [6.45, 7) is 2.61. The van der Waals surface area contributed by atoms with Crippen molar-refractivity contribution in [2.24, 2.45) is 5.14 Å². The summed E-state index contributed by atoms with van der Waals surface area (Å²) >= 11 is 0. The zero-order valence-electron chi connectivity index (χ0n) is 11.4. The minimum atomic E-state index is -3.79. The van der Waals surface area contributed by atoms with Crippen molar-refractivity contribution in [3.8, 4) is 0 Å². The summed E-state index contributed by atoms with van der Waals surface area (Å²) in [4.78, 5) is 0. The van der Waals surface area contributed by atoms with Crippen LogP contribution in [0.5, 0.6) is 0 Å². The third-order valence-corrected chi connectivity index (χ3v) is 4.48. The van der Waals surface area contributed by atoms with Gasteiger partial charge in [0.15, 0.2) is 0 Å². The van der Waals surface area contributed by atoms with E-state index in [2.05, 4.69) is 10.2 Å². The Bertz CT molecular complexity index is 516. The molecule has 1 aliphatic rings. The summed E-state index contributed by atoms with van der Waals surface area (Å²) in [7, 11) is -3.79. The van der Waals surface area contributed by atoms with Crippen molar-refractivity contribution in [2.45, 2.75) is 69.5 Å². The summed E-state index contributed by atoms with van der Waals surface area (Å²) in [6, 6.07) is 0. The third kappa shape index (κ3) is 3.33. The van der Waals surface area contributed by atoms with E-state index in [1.165, 1.54) is 25.7 Å². The van der Waals surface area contributed by atoms with Gasteiger partial charge in [-0.2, -0.15) is 0 Å². The summed E-state index contributed by atoms with van der Waals surface area (Å²) < 4.78 is 24.8. The number of nitrogens with zero attached hydrogens (tertiary/aromatic N) is 3.